The Morgan fingerprint density at radius 2 is 1.11 bits per heavy atom. The van der Waals surface area contributed by atoms with Crippen molar-refractivity contribution < 1.29 is 0 Å². The van der Waals surface area contributed by atoms with Gasteiger partial charge in [0.15, 0.2) is 0 Å². The van der Waals surface area contributed by atoms with Gasteiger partial charge < -0.3 is 5.73 Å². The largest absolute Gasteiger partial charge is 0.398 e. The first-order valence-corrected chi connectivity index (χ1v) is 9.69. The van der Waals surface area contributed by atoms with Gasteiger partial charge in [-0.2, -0.15) is 0 Å². The summed E-state index contributed by atoms with van der Waals surface area (Å²) in [6.07, 6.45) is 0. The molecule has 0 aliphatic carbocycles. The fraction of sp³-hybridized carbons (Fsp3) is 0.308. The SMILES string of the molecule is CC(C)(C)c1cccc(-c2cccc(-c3ccccc3)c2N)c1C(C)(C)C. The molecule has 0 aliphatic heterocycles. The summed E-state index contributed by atoms with van der Waals surface area (Å²) in [5, 5.41) is 0. The number of hydrogen-bond acceptors (Lipinski definition) is 1. The smallest absolute Gasteiger partial charge is 0.0473 e. The quantitative estimate of drug-likeness (QED) is 0.482. The minimum Gasteiger partial charge on any atom is -0.398 e. The van der Waals surface area contributed by atoms with Gasteiger partial charge in [0.05, 0.1) is 0 Å². The Labute approximate surface area is 164 Å². The summed E-state index contributed by atoms with van der Waals surface area (Å²) in [4.78, 5) is 0. The molecule has 1 nitrogen and oxygen atoms in total. The van der Waals surface area contributed by atoms with Gasteiger partial charge in [0.1, 0.15) is 0 Å². The topological polar surface area (TPSA) is 26.0 Å². The highest BCUT2D eigenvalue weighted by Crippen LogP contribution is 2.43. The van der Waals surface area contributed by atoms with Crippen molar-refractivity contribution >= 4 is 5.69 Å². The zero-order valence-electron chi connectivity index (χ0n) is 17.4. The molecule has 0 spiro atoms. The Bertz CT molecular complexity index is 938. The summed E-state index contributed by atoms with van der Waals surface area (Å²) in [5.74, 6) is 0. The van der Waals surface area contributed by atoms with Crippen LogP contribution in [0.25, 0.3) is 22.3 Å². The zero-order valence-corrected chi connectivity index (χ0v) is 17.4. The summed E-state index contributed by atoms with van der Waals surface area (Å²) in [6.45, 7) is 13.7. The van der Waals surface area contributed by atoms with E-state index in [0.29, 0.717) is 0 Å². The molecule has 140 valence electrons. The molecule has 0 fully saturated rings. The Balaban J connectivity index is 2.30. The van der Waals surface area contributed by atoms with E-state index in [2.05, 4.69) is 102 Å². The molecule has 0 aliphatic rings. The van der Waals surface area contributed by atoms with Gasteiger partial charge in [-0.15, -0.1) is 0 Å². The molecule has 0 radical (unpaired) electrons. The maximum Gasteiger partial charge on any atom is 0.0473 e. The molecule has 3 aromatic carbocycles. The van der Waals surface area contributed by atoms with Crippen LogP contribution in [0.3, 0.4) is 0 Å². The monoisotopic (exact) mass is 357 g/mol. The molecule has 0 amide bonds. The first-order valence-electron chi connectivity index (χ1n) is 9.69. The molecular weight excluding hydrogens is 326 g/mol. The fourth-order valence-corrected chi connectivity index (χ4v) is 3.88. The van der Waals surface area contributed by atoms with Crippen LogP contribution < -0.4 is 5.73 Å². The average Bonchev–Trinajstić information content (AvgIpc) is 2.60. The summed E-state index contributed by atoms with van der Waals surface area (Å²) in [6, 6.07) is 23.4. The van der Waals surface area contributed by atoms with Gasteiger partial charge in [0.2, 0.25) is 0 Å². The van der Waals surface area contributed by atoms with E-state index in [4.69, 9.17) is 5.73 Å². The molecular formula is C26H31N. The Kier molecular flexibility index (Phi) is 4.90. The highest BCUT2D eigenvalue weighted by atomic mass is 14.6. The predicted octanol–water partition coefficient (Wildman–Crippen LogP) is 7.20. The lowest BCUT2D eigenvalue weighted by molar-refractivity contribution is 0.531. The molecule has 0 atom stereocenters. The first-order chi connectivity index (χ1) is 12.6. The van der Waals surface area contributed by atoms with E-state index in [-0.39, 0.29) is 10.8 Å². The van der Waals surface area contributed by atoms with E-state index >= 15 is 0 Å². The number of benzene rings is 3. The van der Waals surface area contributed by atoms with E-state index in [1.54, 1.807) is 0 Å². The van der Waals surface area contributed by atoms with Gasteiger partial charge in [-0.3, -0.25) is 0 Å². The maximum absolute atomic E-state index is 6.72. The molecule has 0 unspecified atom stereocenters. The molecule has 0 aromatic heterocycles. The van der Waals surface area contributed by atoms with Crippen LogP contribution in [0.5, 0.6) is 0 Å². The minimum absolute atomic E-state index is 0.0222. The van der Waals surface area contributed by atoms with Crippen molar-refractivity contribution in [1.82, 2.24) is 0 Å². The maximum atomic E-state index is 6.72. The fourth-order valence-electron chi connectivity index (χ4n) is 3.88. The Morgan fingerprint density at radius 1 is 0.556 bits per heavy atom. The molecule has 27 heavy (non-hydrogen) atoms. The van der Waals surface area contributed by atoms with Crippen molar-refractivity contribution in [3.8, 4) is 22.3 Å². The molecule has 1 heteroatoms. The van der Waals surface area contributed by atoms with Gasteiger partial charge in [0.25, 0.3) is 0 Å². The highest BCUT2D eigenvalue weighted by Gasteiger charge is 2.28. The van der Waals surface area contributed by atoms with E-state index < -0.39 is 0 Å². The number of rotatable bonds is 2. The standard InChI is InChI=1S/C26H31N/c1-25(2,3)22-17-11-15-20(23(22)26(4,5)6)21-16-10-14-19(24(21)27)18-12-8-7-9-13-18/h7-17H,27H2,1-6H3. The third-order valence-corrected chi connectivity index (χ3v) is 5.10. The Morgan fingerprint density at radius 3 is 1.70 bits per heavy atom. The summed E-state index contributed by atoms with van der Waals surface area (Å²) in [5.41, 5.74) is 15.0. The highest BCUT2D eigenvalue weighted by molar-refractivity contribution is 5.90. The van der Waals surface area contributed by atoms with Crippen LogP contribution >= 0.6 is 0 Å². The van der Waals surface area contributed by atoms with E-state index in [1.165, 1.54) is 16.7 Å². The van der Waals surface area contributed by atoms with E-state index in [9.17, 15) is 0 Å². The molecule has 2 N–H and O–H groups in total. The second-order valence-corrected chi connectivity index (χ2v) is 9.36. The molecule has 0 bridgehead atoms. The van der Waals surface area contributed by atoms with Crippen LogP contribution in [0, 0.1) is 0 Å². The van der Waals surface area contributed by atoms with Crippen molar-refractivity contribution in [2.45, 2.75) is 52.4 Å². The lowest BCUT2D eigenvalue weighted by Crippen LogP contribution is -2.23. The first kappa shape index (κ1) is 19.2. The number of para-hydroxylation sites is 1. The lowest BCUT2D eigenvalue weighted by Gasteiger charge is -2.33. The van der Waals surface area contributed by atoms with Gasteiger partial charge in [-0.25, -0.2) is 0 Å². The predicted molar refractivity (Wildman–Crippen MR) is 119 cm³/mol. The second kappa shape index (κ2) is 6.88. The molecule has 0 saturated heterocycles. The van der Waals surface area contributed by atoms with Crippen molar-refractivity contribution in [2.75, 3.05) is 5.73 Å². The van der Waals surface area contributed by atoms with Crippen molar-refractivity contribution in [3.05, 3.63) is 77.9 Å². The lowest BCUT2D eigenvalue weighted by atomic mass is 9.72. The minimum atomic E-state index is 0.0222. The van der Waals surface area contributed by atoms with Gasteiger partial charge in [-0.05, 0) is 33.1 Å². The molecule has 0 heterocycles. The summed E-state index contributed by atoms with van der Waals surface area (Å²) >= 11 is 0. The number of nitrogen functional groups attached to an aromatic ring is 1. The molecule has 3 aromatic rings. The van der Waals surface area contributed by atoms with Crippen LogP contribution in [0.15, 0.2) is 66.7 Å². The van der Waals surface area contributed by atoms with Crippen LogP contribution in [0.2, 0.25) is 0 Å². The van der Waals surface area contributed by atoms with Gasteiger partial charge in [-0.1, -0.05) is 108 Å². The third-order valence-electron chi connectivity index (χ3n) is 5.10. The average molecular weight is 358 g/mol. The Hall–Kier alpha value is -2.54. The van der Waals surface area contributed by atoms with Crippen LogP contribution in [-0.4, -0.2) is 0 Å². The van der Waals surface area contributed by atoms with Crippen molar-refractivity contribution in [2.24, 2.45) is 0 Å². The number of nitrogens with two attached hydrogens (primary N) is 1. The summed E-state index contributed by atoms with van der Waals surface area (Å²) < 4.78 is 0. The number of hydrogen-bond donors (Lipinski definition) is 1. The number of anilines is 1. The third kappa shape index (κ3) is 3.78. The van der Waals surface area contributed by atoms with Crippen LogP contribution in [-0.2, 0) is 10.8 Å². The van der Waals surface area contributed by atoms with Gasteiger partial charge in [0, 0.05) is 16.8 Å². The molecule has 3 rings (SSSR count). The normalized spacial score (nSPS) is 12.2. The van der Waals surface area contributed by atoms with E-state index in [1.807, 2.05) is 6.07 Å². The van der Waals surface area contributed by atoms with Crippen molar-refractivity contribution in [3.63, 3.8) is 0 Å². The summed E-state index contributed by atoms with van der Waals surface area (Å²) in [7, 11) is 0. The second-order valence-electron chi connectivity index (χ2n) is 9.36. The van der Waals surface area contributed by atoms with Crippen LogP contribution in [0.4, 0.5) is 5.69 Å². The zero-order chi connectivity index (χ0) is 19.8. The molecule has 0 saturated carbocycles. The van der Waals surface area contributed by atoms with Crippen LogP contribution in [0.1, 0.15) is 52.7 Å². The van der Waals surface area contributed by atoms with Gasteiger partial charge >= 0.3 is 0 Å². The van der Waals surface area contributed by atoms with Crippen molar-refractivity contribution in [1.29, 1.82) is 0 Å². The van der Waals surface area contributed by atoms with E-state index in [0.717, 1.165) is 22.4 Å².